The minimum Gasteiger partial charge on any atom is -0.870 e. The van der Waals surface area contributed by atoms with Crippen LogP contribution in [0.2, 0.25) is 0 Å². The number of aromatic amines is 2. The molecule has 0 fully saturated rings. The summed E-state index contributed by atoms with van der Waals surface area (Å²) in [7, 11) is 0. The van der Waals surface area contributed by atoms with E-state index in [1.165, 1.54) is 27.6 Å². The average molecular weight is 641 g/mol. The number of hydrogen-bond acceptors (Lipinski definition) is 10. The van der Waals surface area contributed by atoms with E-state index in [1.807, 2.05) is 0 Å². The summed E-state index contributed by atoms with van der Waals surface area (Å²) in [5.74, 6) is 4.25. The van der Waals surface area contributed by atoms with Crippen molar-refractivity contribution in [2.24, 2.45) is 0 Å². The number of rotatable bonds is 6. The number of H-pyrrole nitrogens is 2. The second kappa shape index (κ2) is 15.7. The van der Waals surface area contributed by atoms with Gasteiger partial charge in [-0.15, -0.1) is 12.8 Å². The maximum atomic E-state index is 12.1. The third-order valence-corrected chi connectivity index (χ3v) is 6.71. The van der Waals surface area contributed by atoms with E-state index < -0.39 is 52.1 Å². The van der Waals surface area contributed by atoms with Gasteiger partial charge in [-0.3, -0.25) is 28.7 Å². The first kappa shape index (κ1) is 37.7. The van der Waals surface area contributed by atoms with Gasteiger partial charge in [0.05, 0.1) is 12.2 Å². The largest absolute Gasteiger partial charge is 1.00 e. The van der Waals surface area contributed by atoms with E-state index in [4.69, 9.17) is 27.1 Å². The number of aryl methyl sites for hydroxylation is 2. The Labute approximate surface area is 283 Å². The molecule has 0 aliphatic carbocycles. The summed E-state index contributed by atoms with van der Waals surface area (Å²) < 4.78 is 18.9. The van der Waals surface area contributed by atoms with Crippen molar-refractivity contribution in [3.8, 4) is 24.7 Å². The molecule has 5 rings (SSSR count). The summed E-state index contributed by atoms with van der Waals surface area (Å²) in [6, 6.07) is 8.49. The number of esters is 1. The molecule has 0 amide bonds. The van der Waals surface area contributed by atoms with Crippen LogP contribution >= 0.6 is 0 Å². The summed E-state index contributed by atoms with van der Waals surface area (Å²) in [5, 5.41) is 9.19. The fourth-order valence-corrected chi connectivity index (χ4v) is 4.17. The summed E-state index contributed by atoms with van der Waals surface area (Å²) in [4.78, 5) is 62.8. The van der Waals surface area contributed by atoms with Gasteiger partial charge in [0.1, 0.15) is 6.61 Å². The molecule has 15 heteroatoms. The quantitative estimate of drug-likeness (QED) is 0.110. The monoisotopic (exact) mass is 640 g/mol. The third kappa shape index (κ3) is 8.20. The Morgan fingerprint density at radius 1 is 0.891 bits per heavy atom. The first-order chi connectivity index (χ1) is 20.9. The van der Waals surface area contributed by atoms with Crippen molar-refractivity contribution >= 4 is 5.97 Å². The molecule has 0 spiro atoms. The van der Waals surface area contributed by atoms with E-state index in [1.54, 1.807) is 62.4 Å². The molecule has 234 valence electrons. The van der Waals surface area contributed by atoms with Crippen LogP contribution < -0.4 is 52.1 Å². The van der Waals surface area contributed by atoms with Gasteiger partial charge < -0.3 is 24.8 Å². The van der Waals surface area contributed by atoms with Gasteiger partial charge in [-0.2, -0.15) is 0 Å². The topological polar surface area (TPSA) is 205 Å². The minimum atomic E-state index is -1.29. The van der Waals surface area contributed by atoms with Crippen LogP contribution in [-0.2, 0) is 14.2 Å². The number of carbonyl (C=O) groups excluding carboxylic acids is 1. The summed E-state index contributed by atoms with van der Waals surface area (Å²) >= 11 is 0. The van der Waals surface area contributed by atoms with E-state index in [9.17, 15) is 29.1 Å². The van der Waals surface area contributed by atoms with Crippen molar-refractivity contribution in [1.82, 2.24) is 19.1 Å². The second-order valence-corrected chi connectivity index (χ2v) is 9.86. The molecule has 3 aromatic rings. The van der Waals surface area contributed by atoms with Gasteiger partial charge in [-0.25, -0.2) is 14.4 Å². The van der Waals surface area contributed by atoms with Gasteiger partial charge >= 0.3 is 46.9 Å². The van der Waals surface area contributed by atoms with Crippen LogP contribution in [0, 0.1) is 38.5 Å². The Balaban J connectivity index is 0.000000326. The predicted molar refractivity (Wildman–Crippen MR) is 160 cm³/mol. The summed E-state index contributed by atoms with van der Waals surface area (Å²) in [5.41, 5.74) is -3.49. The van der Waals surface area contributed by atoms with Crippen molar-refractivity contribution in [3.63, 3.8) is 0 Å². The Morgan fingerprint density at radius 3 is 1.78 bits per heavy atom. The molecule has 0 bridgehead atoms. The van der Waals surface area contributed by atoms with E-state index in [0.29, 0.717) is 16.7 Å². The molecule has 0 saturated heterocycles. The Hall–Kier alpha value is -4.51. The molecule has 0 radical (unpaired) electrons. The number of carbonyl (C=O) groups is 1. The SMILES string of the molecule is C#C[C@@]1(CO)C=C[C@H](n2cc(C)c(=O)[nH]c2=O)O1.C#C[C@@]1(COC(=O)c2ccccc2)C=C[C@H](n2cc(C)c(=O)[nH]c2=O)O1.[Na+].[OH-]. The molecule has 46 heavy (non-hydrogen) atoms. The van der Waals surface area contributed by atoms with Crippen molar-refractivity contribution in [2.45, 2.75) is 37.5 Å². The minimum absolute atomic E-state index is 0. The van der Waals surface area contributed by atoms with Crippen molar-refractivity contribution < 1.29 is 59.1 Å². The van der Waals surface area contributed by atoms with Crippen LogP contribution in [0.3, 0.4) is 0 Å². The zero-order chi connectivity index (χ0) is 32.1. The molecule has 2 aliphatic rings. The van der Waals surface area contributed by atoms with E-state index in [2.05, 4.69) is 21.8 Å². The predicted octanol–water partition coefficient (Wildman–Crippen LogP) is -2.72. The van der Waals surface area contributed by atoms with Gasteiger partial charge in [0.15, 0.2) is 23.7 Å². The molecule has 1 aromatic carbocycles. The smallest absolute Gasteiger partial charge is 0.870 e. The molecule has 0 saturated carbocycles. The fraction of sp³-hybridized carbons (Fsp3) is 0.258. The van der Waals surface area contributed by atoms with Gasteiger partial charge in [0, 0.05) is 23.5 Å². The van der Waals surface area contributed by atoms with Crippen molar-refractivity contribution in [1.29, 1.82) is 0 Å². The number of benzene rings is 1. The maximum Gasteiger partial charge on any atom is 1.00 e. The van der Waals surface area contributed by atoms with Gasteiger partial charge in [-0.05, 0) is 50.3 Å². The maximum absolute atomic E-state index is 12.1. The zero-order valence-corrected chi connectivity index (χ0v) is 27.1. The third-order valence-electron chi connectivity index (χ3n) is 6.71. The first-order valence-corrected chi connectivity index (χ1v) is 13.1. The number of terminal acetylenes is 2. The summed E-state index contributed by atoms with van der Waals surface area (Å²) in [6.07, 6.45) is 18.3. The molecule has 4 N–H and O–H groups in total. The Kier molecular flexibility index (Phi) is 12.8. The normalized spacial score (nSPS) is 22.3. The number of ether oxygens (including phenoxy) is 3. The number of aliphatic hydroxyl groups excluding tert-OH is 1. The van der Waals surface area contributed by atoms with Crippen LogP contribution in [0.1, 0.15) is 33.9 Å². The number of aromatic nitrogens is 4. The first-order valence-electron chi connectivity index (χ1n) is 13.1. The molecule has 14 nitrogen and oxygen atoms in total. The average Bonchev–Trinajstić information content (AvgIpc) is 3.66. The fourth-order valence-electron chi connectivity index (χ4n) is 4.17. The number of nitrogens with one attached hydrogen (secondary N) is 2. The summed E-state index contributed by atoms with van der Waals surface area (Å²) in [6.45, 7) is 2.56. The molecule has 2 aromatic heterocycles. The molecule has 4 heterocycles. The van der Waals surface area contributed by atoms with Crippen molar-refractivity contribution in [3.05, 3.63) is 125 Å². The standard InChI is InChI=1S/C19H16N2O5.C12H12N2O4.Na.H2O/c1-3-19(12-25-17(23)14-7-5-4-6-8-14)10-9-15(26-19)21-11-13(2)16(22)20-18(21)24;1-3-12(7-15)5-4-9(18-12)14-6-8(2)10(16)13-11(14)17;;/h1,4-11,15H,12H2,2H3,(H,20,22,24);1,4-6,9,15H,7H2,2H3,(H,13,16,17);;1H2/q;;+1;/p-1/t15-,19+;9-,12+;;/m11../s1. The molecular formula is C31H29N4NaO10. The van der Waals surface area contributed by atoms with Crippen LogP contribution in [-0.4, -0.2) is 60.1 Å². The molecule has 4 atom stereocenters. The number of hydrogen-bond donors (Lipinski definition) is 3. The molecule has 0 unspecified atom stereocenters. The van der Waals surface area contributed by atoms with Crippen LogP contribution in [0.5, 0.6) is 0 Å². The molecular weight excluding hydrogens is 611 g/mol. The Bertz CT molecular complexity index is 1950. The van der Waals surface area contributed by atoms with E-state index in [-0.39, 0.29) is 48.2 Å². The van der Waals surface area contributed by atoms with Crippen LogP contribution in [0.25, 0.3) is 0 Å². The number of aliphatic hydroxyl groups is 1. The van der Waals surface area contributed by atoms with Crippen molar-refractivity contribution in [2.75, 3.05) is 13.2 Å². The van der Waals surface area contributed by atoms with E-state index in [0.717, 1.165) is 0 Å². The van der Waals surface area contributed by atoms with Gasteiger partial charge in [-0.1, -0.05) is 30.0 Å². The zero-order valence-electron chi connectivity index (χ0n) is 25.1. The van der Waals surface area contributed by atoms with E-state index >= 15 is 0 Å². The van der Waals surface area contributed by atoms with Gasteiger partial charge in [0.2, 0.25) is 0 Å². The number of nitrogens with zero attached hydrogens (tertiary/aromatic N) is 2. The Morgan fingerprint density at radius 2 is 1.35 bits per heavy atom. The van der Waals surface area contributed by atoms with Crippen LogP contribution in [0.15, 0.2) is 86.2 Å². The van der Waals surface area contributed by atoms with Crippen LogP contribution in [0.4, 0.5) is 0 Å². The molecule has 2 aliphatic heterocycles. The van der Waals surface area contributed by atoms with Gasteiger partial charge in [0.25, 0.3) is 11.1 Å². The second-order valence-electron chi connectivity index (χ2n) is 9.86.